The molecule has 0 aliphatic heterocycles. The first kappa shape index (κ1) is 10.9. The predicted molar refractivity (Wildman–Crippen MR) is 61.8 cm³/mol. The van der Waals surface area contributed by atoms with Gasteiger partial charge in [-0.25, -0.2) is 10.8 Å². The van der Waals surface area contributed by atoms with Gasteiger partial charge >= 0.3 is 0 Å². The van der Waals surface area contributed by atoms with Gasteiger partial charge in [0.25, 0.3) is 5.91 Å². The highest BCUT2D eigenvalue weighted by molar-refractivity contribution is 5.93. The van der Waals surface area contributed by atoms with E-state index < -0.39 is 0 Å². The Morgan fingerprint density at radius 3 is 2.81 bits per heavy atom. The molecule has 5 heteroatoms. The maximum Gasteiger partial charge on any atom is 0.270 e. The summed E-state index contributed by atoms with van der Waals surface area (Å²) in [7, 11) is 0. The van der Waals surface area contributed by atoms with Gasteiger partial charge in [-0.1, -0.05) is 6.07 Å². The smallest absolute Gasteiger partial charge is 0.270 e. The summed E-state index contributed by atoms with van der Waals surface area (Å²) >= 11 is 0. The summed E-state index contributed by atoms with van der Waals surface area (Å²) in [6, 6.07) is 5.14. The van der Waals surface area contributed by atoms with Crippen molar-refractivity contribution in [1.29, 1.82) is 0 Å². The Balaban J connectivity index is 2.08. The summed E-state index contributed by atoms with van der Waals surface area (Å²) in [6.07, 6.45) is 3.25. The van der Waals surface area contributed by atoms with Gasteiger partial charge in [-0.15, -0.1) is 0 Å². The molecule has 1 heterocycles. The molecule has 4 N–H and O–H groups in total. The minimum absolute atomic E-state index is 0.0507. The molecule has 1 aliphatic rings. The van der Waals surface area contributed by atoms with Crippen molar-refractivity contribution in [3.05, 3.63) is 23.9 Å². The first-order chi connectivity index (χ1) is 7.63. The SMILES string of the molecule is CC1(NC(=O)c2cccc(NN)n2)CCC1. The van der Waals surface area contributed by atoms with Gasteiger partial charge in [0, 0.05) is 5.54 Å². The van der Waals surface area contributed by atoms with E-state index in [1.165, 1.54) is 6.42 Å². The Kier molecular flexibility index (Phi) is 2.78. The number of nitrogens with one attached hydrogen (secondary N) is 2. The van der Waals surface area contributed by atoms with Crippen molar-refractivity contribution in [2.75, 3.05) is 5.43 Å². The molecular weight excluding hydrogens is 204 g/mol. The van der Waals surface area contributed by atoms with E-state index in [2.05, 4.69) is 22.7 Å². The molecule has 1 amide bonds. The van der Waals surface area contributed by atoms with Crippen LogP contribution in [0.5, 0.6) is 0 Å². The Bertz CT molecular complexity index is 401. The molecule has 1 aromatic heterocycles. The first-order valence-electron chi connectivity index (χ1n) is 5.39. The maximum absolute atomic E-state index is 11.9. The summed E-state index contributed by atoms with van der Waals surface area (Å²) in [6.45, 7) is 2.05. The number of hydrogen-bond acceptors (Lipinski definition) is 4. The van der Waals surface area contributed by atoms with Crippen molar-refractivity contribution < 1.29 is 4.79 Å². The lowest BCUT2D eigenvalue weighted by atomic mass is 9.78. The third-order valence-electron chi connectivity index (χ3n) is 3.00. The van der Waals surface area contributed by atoms with Crippen LogP contribution in [0.4, 0.5) is 5.82 Å². The van der Waals surface area contributed by atoms with Gasteiger partial charge in [-0.05, 0) is 38.3 Å². The number of aromatic nitrogens is 1. The highest BCUT2D eigenvalue weighted by Crippen LogP contribution is 2.31. The number of carbonyl (C=O) groups is 1. The van der Waals surface area contributed by atoms with Crippen molar-refractivity contribution in [2.24, 2.45) is 5.84 Å². The minimum Gasteiger partial charge on any atom is -0.346 e. The Morgan fingerprint density at radius 1 is 1.50 bits per heavy atom. The van der Waals surface area contributed by atoms with Crippen LogP contribution in [0.1, 0.15) is 36.7 Å². The fraction of sp³-hybridized carbons (Fsp3) is 0.455. The first-order valence-corrected chi connectivity index (χ1v) is 5.39. The number of carbonyl (C=O) groups excluding carboxylic acids is 1. The van der Waals surface area contributed by atoms with Gasteiger partial charge in [0.05, 0.1) is 0 Å². The third-order valence-corrected chi connectivity index (χ3v) is 3.00. The van der Waals surface area contributed by atoms with E-state index in [0.717, 1.165) is 12.8 Å². The largest absolute Gasteiger partial charge is 0.346 e. The molecular formula is C11H16N4O. The van der Waals surface area contributed by atoms with Crippen LogP contribution < -0.4 is 16.6 Å². The summed E-state index contributed by atoms with van der Waals surface area (Å²) < 4.78 is 0. The number of hydrogen-bond donors (Lipinski definition) is 3. The zero-order valence-corrected chi connectivity index (χ0v) is 9.29. The standard InChI is InChI=1S/C11H16N4O/c1-11(6-3-7-11)14-10(16)8-4-2-5-9(13-8)15-12/h2,4-5H,3,6-7,12H2,1H3,(H,13,15)(H,14,16). The molecule has 0 bridgehead atoms. The molecule has 0 saturated heterocycles. The van der Waals surface area contributed by atoms with E-state index in [1.807, 2.05) is 0 Å². The average Bonchev–Trinajstić information content (AvgIpc) is 2.27. The van der Waals surface area contributed by atoms with Crippen LogP contribution in [0.3, 0.4) is 0 Å². The van der Waals surface area contributed by atoms with Gasteiger partial charge in [-0.3, -0.25) is 4.79 Å². The Hall–Kier alpha value is -1.62. The number of hydrazine groups is 1. The van der Waals surface area contributed by atoms with Crippen molar-refractivity contribution in [2.45, 2.75) is 31.7 Å². The molecule has 16 heavy (non-hydrogen) atoms. The molecule has 1 saturated carbocycles. The van der Waals surface area contributed by atoms with Crippen LogP contribution >= 0.6 is 0 Å². The van der Waals surface area contributed by atoms with E-state index in [4.69, 9.17) is 5.84 Å². The molecule has 1 fully saturated rings. The van der Waals surface area contributed by atoms with Crippen LogP contribution in [0, 0.1) is 0 Å². The molecule has 2 rings (SSSR count). The maximum atomic E-state index is 11.9. The van der Waals surface area contributed by atoms with Gasteiger partial charge in [0.2, 0.25) is 0 Å². The molecule has 86 valence electrons. The number of nitrogen functional groups attached to an aromatic ring is 1. The van der Waals surface area contributed by atoms with Gasteiger partial charge in [-0.2, -0.15) is 0 Å². The summed E-state index contributed by atoms with van der Waals surface area (Å²) in [4.78, 5) is 16.0. The number of nitrogens with two attached hydrogens (primary N) is 1. The van der Waals surface area contributed by atoms with Gasteiger partial charge in [0.1, 0.15) is 11.5 Å². The van der Waals surface area contributed by atoms with Crippen LogP contribution in [0.15, 0.2) is 18.2 Å². The van der Waals surface area contributed by atoms with Crippen molar-refractivity contribution in [3.63, 3.8) is 0 Å². The van der Waals surface area contributed by atoms with Crippen LogP contribution in [0.25, 0.3) is 0 Å². The lowest BCUT2D eigenvalue weighted by Crippen LogP contribution is -2.51. The molecule has 0 spiro atoms. The second kappa shape index (κ2) is 4.09. The zero-order chi connectivity index (χ0) is 11.6. The second-order valence-corrected chi connectivity index (χ2v) is 4.42. The third kappa shape index (κ3) is 2.14. The zero-order valence-electron chi connectivity index (χ0n) is 9.29. The Labute approximate surface area is 94.4 Å². The number of rotatable bonds is 3. The summed E-state index contributed by atoms with van der Waals surface area (Å²) in [5.74, 6) is 5.59. The Morgan fingerprint density at radius 2 is 2.25 bits per heavy atom. The molecule has 0 aromatic carbocycles. The molecule has 1 aromatic rings. The second-order valence-electron chi connectivity index (χ2n) is 4.42. The monoisotopic (exact) mass is 220 g/mol. The van der Waals surface area contributed by atoms with E-state index in [-0.39, 0.29) is 11.4 Å². The highest BCUT2D eigenvalue weighted by Gasteiger charge is 2.33. The van der Waals surface area contributed by atoms with E-state index >= 15 is 0 Å². The van der Waals surface area contributed by atoms with Crippen LogP contribution in [0.2, 0.25) is 0 Å². The molecule has 0 atom stereocenters. The van der Waals surface area contributed by atoms with Gasteiger partial charge in [0.15, 0.2) is 0 Å². The molecule has 0 unspecified atom stereocenters. The lowest BCUT2D eigenvalue weighted by Gasteiger charge is -2.39. The fourth-order valence-corrected chi connectivity index (χ4v) is 1.81. The molecule has 0 radical (unpaired) electrons. The van der Waals surface area contributed by atoms with Crippen molar-refractivity contribution in [1.82, 2.24) is 10.3 Å². The summed E-state index contributed by atoms with van der Waals surface area (Å²) in [5.41, 5.74) is 2.76. The predicted octanol–water partition coefficient (Wildman–Crippen LogP) is 1.04. The van der Waals surface area contributed by atoms with Crippen molar-refractivity contribution >= 4 is 11.7 Å². The normalized spacial score (nSPS) is 17.4. The topological polar surface area (TPSA) is 80.0 Å². The lowest BCUT2D eigenvalue weighted by molar-refractivity contribution is 0.0845. The van der Waals surface area contributed by atoms with Crippen molar-refractivity contribution in [3.8, 4) is 0 Å². The van der Waals surface area contributed by atoms with E-state index in [9.17, 15) is 4.79 Å². The number of pyridine rings is 1. The fourth-order valence-electron chi connectivity index (χ4n) is 1.81. The number of amides is 1. The number of anilines is 1. The number of nitrogens with zero attached hydrogens (tertiary/aromatic N) is 1. The summed E-state index contributed by atoms with van der Waals surface area (Å²) in [5, 5.41) is 2.99. The molecule has 5 nitrogen and oxygen atoms in total. The van der Waals surface area contributed by atoms with Crippen LogP contribution in [-0.4, -0.2) is 16.4 Å². The minimum atomic E-state index is -0.140. The van der Waals surface area contributed by atoms with Crippen LogP contribution in [-0.2, 0) is 0 Å². The quantitative estimate of drug-likeness (QED) is 0.525. The van der Waals surface area contributed by atoms with E-state index in [1.54, 1.807) is 18.2 Å². The highest BCUT2D eigenvalue weighted by atomic mass is 16.2. The average molecular weight is 220 g/mol. The van der Waals surface area contributed by atoms with Gasteiger partial charge < -0.3 is 10.7 Å². The molecule has 1 aliphatic carbocycles. The van der Waals surface area contributed by atoms with E-state index in [0.29, 0.717) is 11.5 Å².